The second kappa shape index (κ2) is 6.43. The first-order chi connectivity index (χ1) is 10.9. The van der Waals surface area contributed by atoms with Crippen LogP contribution in [0.1, 0.15) is 30.1 Å². The zero-order valence-electron chi connectivity index (χ0n) is 12.6. The number of aryl methyl sites for hydroxylation is 1. The molecule has 1 N–H and O–H groups in total. The van der Waals surface area contributed by atoms with Crippen molar-refractivity contribution in [3.63, 3.8) is 0 Å². The topological polar surface area (TPSA) is 64.0 Å². The van der Waals surface area contributed by atoms with E-state index < -0.39 is 10.0 Å². The molecule has 0 spiro atoms. The number of nitrogens with zero attached hydrogens (tertiary/aromatic N) is 2. The highest BCUT2D eigenvalue weighted by Gasteiger charge is 2.27. The lowest BCUT2D eigenvalue weighted by atomic mass is 10.2. The van der Waals surface area contributed by atoms with Gasteiger partial charge in [-0.1, -0.05) is 23.2 Å². The Balaban J connectivity index is 1.69. The summed E-state index contributed by atoms with van der Waals surface area (Å²) in [5.74, 6) is 1.56. The number of aromatic nitrogens is 2. The monoisotopic (exact) mass is 373 g/mol. The zero-order valence-corrected chi connectivity index (χ0v) is 14.9. The summed E-state index contributed by atoms with van der Waals surface area (Å²) in [5, 5.41) is 0.566. The van der Waals surface area contributed by atoms with Gasteiger partial charge in [-0.25, -0.2) is 18.1 Å². The van der Waals surface area contributed by atoms with Gasteiger partial charge in [-0.15, -0.1) is 0 Å². The highest BCUT2D eigenvalue weighted by molar-refractivity contribution is 7.89. The van der Waals surface area contributed by atoms with Crippen molar-refractivity contribution >= 4 is 33.2 Å². The number of nitrogens with one attached hydrogen (secondary N) is 1. The van der Waals surface area contributed by atoms with Gasteiger partial charge in [0.2, 0.25) is 10.0 Å². The van der Waals surface area contributed by atoms with Crippen LogP contribution in [0, 0.1) is 6.92 Å². The SMILES string of the molecule is Cc1cc(S(=O)(=O)NCCn2ccnc2C2CC2)c(Cl)cc1Cl. The Bertz CT molecular complexity index is 829. The Hall–Kier alpha value is -1.08. The first kappa shape index (κ1) is 16.8. The molecule has 23 heavy (non-hydrogen) atoms. The van der Waals surface area contributed by atoms with Crippen LogP contribution in [0.2, 0.25) is 10.0 Å². The molecule has 0 amide bonds. The summed E-state index contributed by atoms with van der Waals surface area (Å²) in [6.07, 6.45) is 5.94. The predicted octanol–water partition coefficient (Wildman–Crippen LogP) is 3.35. The maximum Gasteiger partial charge on any atom is 0.242 e. The maximum absolute atomic E-state index is 12.4. The van der Waals surface area contributed by atoms with Crippen LogP contribution in [0.15, 0.2) is 29.4 Å². The van der Waals surface area contributed by atoms with Crippen LogP contribution in [0.4, 0.5) is 0 Å². The summed E-state index contributed by atoms with van der Waals surface area (Å²) >= 11 is 12.0. The summed E-state index contributed by atoms with van der Waals surface area (Å²) in [7, 11) is -3.68. The van der Waals surface area contributed by atoms with Crippen molar-refractivity contribution in [1.29, 1.82) is 0 Å². The molecule has 3 rings (SSSR count). The highest BCUT2D eigenvalue weighted by Crippen LogP contribution is 2.38. The molecule has 2 aromatic rings. The van der Waals surface area contributed by atoms with Gasteiger partial charge in [-0.3, -0.25) is 0 Å². The van der Waals surface area contributed by atoms with E-state index in [0.717, 1.165) is 18.7 Å². The van der Waals surface area contributed by atoms with Crippen molar-refractivity contribution in [1.82, 2.24) is 14.3 Å². The van der Waals surface area contributed by atoms with Gasteiger partial charge in [0.1, 0.15) is 10.7 Å². The van der Waals surface area contributed by atoms with Gasteiger partial charge in [0.05, 0.1) is 5.02 Å². The van der Waals surface area contributed by atoms with E-state index >= 15 is 0 Å². The molecule has 1 heterocycles. The average Bonchev–Trinajstić information content (AvgIpc) is 3.22. The second-order valence-corrected chi connectivity index (χ2v) is 8.23. The minimum atomic E-state index is -3.68. The molecule has 1 fully saturated rings. The summed E-state index contributed by atoms with van der Waals surface area (Å²) in [4.78, 5) is 4.39. The number of hydrogen-bond acceptors (Lipinski definition) is 3. The fourth-order valence-corrected chi connectivity index (χ4v) is 4.28. The van der Waals surface area contributed by atoms with E-state index in [1.54, 1.807) is 13.1 Å². The summed E-state index contributed by atoms with van der Waals surface area (Å²) in [6.45, 7) is 2.55. The Kier molecular flexibility index (Phi) is 4.69. The Morgan fingerprint density at radius 2 is 2.04 bits per heavy atom. The maximum atomic E-state index is 12.4. The van der Waals surface area contributed by atoms with E-state index in [-0.39, 0.29) is 16.5 Å². The minimum Gasteiger partial charge on any atom is -0.333 e. The van der Waals surface area contributed by atoms with Crippen molar-refractivity contribution in [2.75, 3.05) is 6.54 Å². The van der Waals surface area contributed by atoms with Gasteiger partial charge in [0.25, 0.3) is 0 Å². The molecule has 0 atom stereocenters. The van der Waals surface area contributed by atoms with E-state index in [1.165, 1.54) is 12.1 Å². The third-order valence-corrected chi connectivity index (χ3v) is 6.17. The Morgan fingerprint density at radius 3 is 2.74 bits per heavy atom. The van der Waals surface area contributed by atoms with Gasteiger partial charge in [-0.05, 0) is 37.5 Å². The van der Waals surface area contributed by atoms with E-state index in [2.05, 4.69) is 9.71 Å². The van der Waals surface area contributed by atoms with Crippen molar-refractivity contribution < 1.29 is 8.42 Å². The number of sulfonamides is 1. The minimum absolute atomic E-state index is 0.0501. The predicted molar refractivity (Wildman–Crippen MR) is 90.6 cm³/mol. The van der Waals surface area contributed by atoms with Gasteiger partial charge in [0.15, 0.2) is 0 Å². The van der Waals surface area contributed by atoms with E-state index in [0.29, 0.717) is 23.0 Å². The second-order valence-electron chi connectivity index (χ2n) is 5.68. The van der Waals surface area contributed by atoms with Gasteiger partial charge in [0, 0.05) is 36.4 Å². The summed E-state index contributed by atoms with van der Waals surface area (Å²) in [5.41, 5.74) is 0.669. The standard InChI is InChI=1S/C15H17Cl2N3O2S/c1-10-8-14(13(17)9-12(10)16)23(21,22)19-5-7-20-6-4-18-15(20)11-2-3-11/h4,6,8-9,11,19H,2-3,5,7H2,1H3. The number of benzene rings is 1. The lowest BCUT2D eigenvalue weighted by Crippen LogP contribution is -2.28. The molecule has 1 aromatic carbocycles. The van der Waals surface area contributed by atoms with Crippen LogP contribution in [-0.2, 0) is 16.6 Å². The molecule has 0 aliphatic heterocycles. The van der Waals surface area contributed by atoms with Crippen LogP contribution < -0.4 is 4.72 Å². The first-order valence-corrected chi connectivity index (χ1v) is 9.59. The van der Waals surface area contributed by atoms with Gasteiger partial charge >= 0.3 is 0 Å². The van der Waals surface area contributed by atoms with Crippen LogP contribution in [0.5, 0.6) is 0 Å². The highest BCUT2D eigenvalue weighted by atomic mass is 35.5. The number of rotatable bonds is 6. The summed E-state index contributed by atoms with van der Waals surface area (Å²) < 4.78 is 29.4. The van der Waals surface area contributed by atoms with Crippen molar-refractivity contribution in [3.8, 4) is 0 Å². The molecule has 0 bridgehead atoms. The molecule has 5 nitrogen and oxygen atoms in total. The first-order valence-electron chi connectivity index (χ1n) is 7.35. The molecular formula is C15H17Cl2N3O2S. The Morgan fingerprint density at radius 1 is 1.30 bits per heavy atom. The third kappa shape index (κ3) is 3.71. The third-order valence-electron chi connectivity index (χ3n) is 3.84. The molecule has 0 unspecified atom stereocenters. The quantitative estimate of drug-likeness (QED) is 0.843. The van der Waals surface area contributed by atoms with Gasteiger partial charge < -0.3 is 4.57 Å². The van der Waals surface area contributed by atoms with Crippen LogP contribution in [-0.4, -0.2) is 24.5 Å². The Labute approximate surface area is 145 Å². The number of imidazole rings is 1. The molecular weight excluding hydrogens is 357 g/mol. The van der Waals surface area contributed by atoms with Crippen molar-refractivity contribution in [2.45, 2.75) is 37.1 Å². The molecule has 1 saturated carbocycles. The molecule has 1 aliphatic rings. The van der Waals surface area contributed by atoms with E-state index in [9.17, 15) is 8.42 Å². The van der Waals surface area contributed by atoms with Crippen LogP contribution in [0.3, 0.4) is 0 Å². The lowest BCUT2D eigenvalue weighted by Gasteiger charge is -2.11. The largest absolute Gasteiger partial charge is 0.333 e. The smallest absolute Gasteiger partial charge is 0.242 e. The summed E-state index contributed by atoms with van der Waals surface area (Å²) in [6, 6.07) is 2.94. The molecule has 1 aliphatic carbocycles. The fourth-order valence-electron chi connectivity index (χ4n) is 2.43. The molecule has 124 valence electrons. The number of hydrogen-bond donors (Lipinski definition) is 1. The molecule has 0 saturated heterocycles. The van der Waals surface area contributed by atoms with Gasteiger partial charge in [-0.2, -0.15) is 0 Å². The fraction of sp³-hybridized carbons (Fsp3) is 0.400. The molecule has 1 aromatic heterocycles. The average molecular weight is 374 g/mol. The molecule has 8 heteroatoms. The number of halogens is 2. The zero-order chi connectivity index (χ0) is 16.6. The molecule has 0 radical (unpaired) electrons. The van der Waals surface area contributed by atoms with Crippen molar-refractivity contribution in [3.05, 3.63) is 46.0 Å². The van der Waals surface area contributed by atoms with Crippen molar-refractivity contribution in [2.24, 2.45) is 0 Å². The van der Waals surface area contributed by atoms with E-state index in [1.807, 2.05) is 10.8 Å². The van der Waals surface area contributed by atoms with Crippen LogP contribution >= 0.6 is 23.2 Å². The van der Waals surface area contributed by atoms with Crippen LogP contribution in [0.25, 0.3) is 0 Å². The lowest BCUT2D eigenvalue weighted by molar-refractivity contribution is 0.569. The normalized spacial score (nSPS) is 15.1. The van der Waals surface area contributed by atoms with E-state index in [4.69, 9.17) is 23.2 Å².